The highest BCUT2D eigenvalue weighted by Gasteiger charge is 2.51. The van der Waals surface area contributed by atoms with Crippen molar-refractivity contribution in [3.63, 3.8) is 0 Å². The average Bonchev–Trinajstić information content (AvgIpc) is 2.68. The summed E-state index contributed by atoms with van der Waals surface area (Å²) >= 11 is 0. The van der Waals surface area contributed by atoms with Gasteiger partial charge in [-0.3, -0.25) is 9.59 Å². The molecule has 0 aliphatic heterocycles. The summed E-state index contributed by atoms with van der Waals surface area (Å²) in [7, 11) is 0. The van der Waals surface area contributed by atoms with Gasteiger partial charge in [-0.15, -0.1) is 0 Å². The van der Waals surface area contributed by atoms with Gasteiger partial charge in [-0.25, -0.2) is 4.39 Å². The van der Waals surface area contributed by atoms with Crippen LogP contribution < -0.4 is 10.7 Å². The van der Waals surface area contributed by atoms with Crippen LogP contribution in [0.3, 0.4) is 0 Å². The van der Waals surface area contributed by atoms with Gasteiger partial charge in [0.05, 0.1) is 5.52 Å². The van der Waals surface area contributed by atoms with Crippen LogP contribution in [0.4, 0.5) is 4.39 Å². The highest BCUT2D eigenvalue weighted by Crippen LogP contribution is 2.55. The molecule has 0 radical (unpaired) electrons. The molecular formula is C25H31FN2O2. The van der Waals surface area contributed by atoms with Gasteiger partial charge < -0.3 is 9.88 Å². The molecular weight excluding hydrogens is 379 g/mol. The number of carbonyl (C=O) groups is 1. The zero-order chi connectivity index (χ0) is 20.9. The topological polar surface area (TPSA) is 51.1 Å². The zero-order valence-corrected chi connectivity index (χ0v) is 17.8. The van der Waals surface area contributed by atoms with Crippen molar-refractivity contribution >= 4 is 16.8 Å². The molecule has 0 spiro atoms. The number of rotatable bonds is 6. The number of nitrogens with zero attached hydrogens (tertiary/aromatic N) is 1. The predicted octanol–water partition coefficient (Wildman–Crippen LogP) is 5.03. The standard InChI is InChI=1S/C25H31FN2O2/c1-2-3-4-7-28-15-21(23(29)20-6-5-19(26)11-22(20)28)24(30)27-25-12-16-8-17(13-25)10-18(9-16)14-25/h5-6,11,15-18H,2-4,7-10,12-14H2,1H3,(H,27,30). The van der Waals surface area contributed by atoms with E-state index in [2.05, 4.69) is 12.2 Å². The zero-order valence-electron chi connectivity index (χ0n) is 17.8. The summed E-state index contributed by atoms with van der Waals surface area (Å²) in [5.74, 6) is 1.56. The molecule has 4 bridgehead atoms. The Balaban J connectivity index is 1.49. The summed E-state index contributed by atoms with van der Waals surface area (Å²) in [6.45, 7) is 2.80. The smallest absolute Gasteiger partial charge is 0.257 e. The lowest BCUT2D eigenvalue weighted by atomic mass is 9.53. The lowest BCUT2D eigenvalue weighted by molar-refractivity contribution is -0.0167. The van der Waals surface area contributed by atoms with E-state index in [0.29, 0.717) is 17.4 Å². The van der Waals surface area contributed by atoms with Crippen molar-refractivity contribution in [1.29, 1.82) is 0 Å². The number of fused-ring (bicyclic) bond motifs is 1. The summed E-state index contributed by atoms with van der Waals surface area (Å²) in [4.78, 5) is 26.5. The fourth-order valence-corrected chi connectivity index (χ4v) is 6.81. The Hall–Kier alpha value is -2.17. The van der Waals surface area contributed by atoms with Gasteiger partial charge in [-0.05, 0) is 80.9 Å². The van der Waals surface area contributed by atoms with Crippen LogP contribution in [0.2, 0.25) is 0 Å². The molecule has 1 N–H and O–H groups in total. The Morgan fingerprint density at radius 2 is 1.80 bits per heavy atom. The Labute approximate surface area is 176 Å². The Morgan fingerprint density at radius 3 is 2.43 bits per heavy atom. The predicted molar refractivity (Wildman–Crippen MR) is 116 cm³/mol. The largest absolute Gasteiger partial charge is 0.346 e. The molecule has 1 aromatic heterocycles. The van der Waals surface area contributed by atoms with Crippen molar-refractivity contribution in [2.24, 2.45) is 17.8 Å². The first-order valence-electron chi connectivity index (χ1n) is 11.6. The SMILES string of the molecule is CCCCCn1cc(C(=O)NC23CC4CC(CC(C4)C2)C3)c(=O)c2ccc(F)cc21. The van der Waals surface area contributed by atoms with E-state index in [0.717, 1.165) is 56.3 Å². The monoisotopic (exact) mass is 410 g/mol. The summed E-state index contributed by atoms with van der Waals surface area (Å²) in [5, 5.41) is 3.75. The van der Waals surface area contributed by atoms with Crippen molar-refractivity contribution in [3.8, 4) is 0 Å². The number of halogens is 1. The first-order chi connectivity index (χ1) is 14.5. The minimum atomic E-state index is -0.364. The van der Waals surface area contributed by atoms with Gasteiger partial charge in [-0.1, -0.05) is 19.8 Å². The molecule has 6 rings (SSSR count). The maximum absolute atomic E-state index is 13.9. The fourth-order valence-electron chi connectivity index (χ4n) is 6.81. The maximum Gasteiger partial charge on any atom is 0.257 e. The van der Waals surface area contributed by atoms with E-state index in [1.807, 2.05) is 4.57 Å². The molecule has 2 aromatic rings. The van der Waals surface area contributed by atoms with Crippen LogP contribution in [0.15, 0.2) is 29.2 Å². The van der Waals surface area contributed by atoms with Gasteiger partial charge in [0.2, 0.25) is 5.43 Å². The molecule has 1 amide bonds. The number of nitrogens with one attached hydrogen (secondary N) is 1. The van der Waals surface area contributed by atoms with Crippen LogP contribution in [-0.4, -0.2) is 16.0 Å². The Kier molecular flexibility index (Phi) is 4.95. The van der Waals surface area contributed by atoms with Crippen molar-refractivity contribution in [1.82, 2.24) is 9.88 Å². The highest BCUT2D eigenvalue weighted by molar-refractivity contribution is 5.97. The normalized spacial score (nSPS) is 29.5. The van der Waals surface area contributed by atoms with E-state index in [-0.39, 0.29) is 28.3 Å². The lowest BCUT2D eigenvalue weighted by Crippen LogP contribution is -2.60. The van der Waals surface area contributed by atoms with Gasteiger partial charge in [0.1, 0.15) is 11.4 Å². The van der Waals surface area contributed by atoms with Gasteiger partial charge in [0.15, 0.2) is 0 Å². The molecule has 4 saturated carbocycles. The van der Waals surface area contributed by atoms with Gasteiger partial charge >= 0.3 is 0 Å². The number of pyridine rings is 1. The van der Waals surface area contributed by atoms with Crippen LogP contribution >= 0.6 is 0 Å². The van der Waals surface area contributed by atoms with Crippen LogP contribution in [0.25, 0.3) is 10.9 Å². The molecule has 0 atom stereocenters. The third-order valence-electron chi connectivity index (χ3n) is 7.71. The molecule has 160 valence electrons. The van der Waals surface area contributed by atoms with E-state index >= 15 is 0 Å². The summed E-state index contributed by atoms with van der Waals surface area (Å²) in [5.41, 5.74) is 0.339. The maximum atomic E-state index is 13.9. The molecule has 1 aromatic carbocycles. The first-order valence-corrected chi connectivity index (χ1v) is 11.6. The quantitative estimate of drug-likeness (QED) is 0.679. The third kappa shape index (κ3) is 3.46. The van der Waals surface area contributed by atoms with Crippen LogP contribution in [0.5, 0.6) is 0 Å². The number of amides is 1. The van der Waals surface area contributed by atoms with Crippen molar-refractivity contribution < 1.29 is 9.18 Å². The average molecular weight is 411 g/mol. The Morgan fingerprint density at radius 1 is 1.13 bits per heavy atom. The number of aryl methyl sites for hydroxylation is 1. The fraction of sp³-hybridized carbons (Fsp3) is 0.600. The van der Waals surface area contributed by atoms with E-state index in [4.69, 9.17) is 0 Å². The molecule has 4 nitrogen and oxygen atoms in total. The number of hydrogen-bond acceptors (Lipinski definition) is 2. The van der Waals surface area contributed by atoms with Crippen molar-refractivity contribution in [3.05, 3.63) is 46.0 Å². The van der Waals surface area contributed by atoms with Crippen LogP contribution in [-0.2, 0) is 6.54 Å². The van der Waals surface area contributed by atoms with Crippen molar-refractivity contribution in [2.75, 3.05) is 0 Å². The molecule has 4 fully saturated rings. The number of carbonyl (C=O) groups excluding carboxylic acids is 1. The molecule has 4 aliphatic rings. The van der Waals surface area contributed by atoms with E-state index in [1.54, 1.807) is 6.20 Å². The second-order valence-electron chi connectivity index (χ2n) is 10.1. The number of benzene rings is 1. The Bertz CT molecular complexity index is 1010. The second kappa shape index (κ2) is 7.51. The highest BCUT2D eigenvalue weighted by atomic mass is 19.1. The van der Waals surface area contributed by atoms with Gasteiger partial charge in [0.25, 0.3) is 5.91 Å². The van der Waals surface area contributed by atoms with E-state index in [9.17, 15) is 14.0 Å². The minimum Gasteiger partial charge on any atom is -0.346 e. The van der Waals surface area contributed by atoms with Crippen molar-refractivity contribution in [2.45, 2.75) is 76.8 Å². The summed E-state index contributed by atoms with van der Waals surface area (Å²) in [6.07, 6.45) is 11.8. The van der Waals surface area contributed by atoms with Gasteiger partial charge in [0, 0.05) is 23.7 Å². The molecule has 1 heterocycles. The van der Waals surface area contributed by atoms with Crippen LogP contribution in [0, 0.1) is 23.6 Å². The van der Waals surface area contributed by atoms with E-state index < -0.39 is 0 Å². The lowest BCUT2D eigenvalue weighted by Gasteiger charge is -2.56. The van der Waals surface area contributed by atoms with E-state index in [1.165, 1.54) is 37.5 Å². The number of unbranched alkanes of at least 4 members (excludes halogenated alkanes) is 2. The molecule has 0 unspecified atom stereocenters. The molecule has 5 heteroatoms. The molecule has 4 aliphatic carbocycles. The van der Waals surface area contributed by atoms with Gasteiger partial charge in [-0.2, -0.15) is 0 Å². The second-order valence-corrected chi connectivity index (χ2v) is 10.1. The first kappa shape index (κ1) is 19.8. The number of hydrogen-bond donors (Lipinski definition) is 1. The molecule has 0 saturated heterocycles. The summed E-state index contributed by atoms with van der Waals surface area (Å²) in [6, 6.07) is 4.23. The molecule has 30 heavy (non-hydrogen) atoms. The summed E-state index contributed by atoms with van der Waals surface area (Å²) < 4.78 is 15.8. The minimum absolute atomic E-state index is 0.136. The third-order valence-corrected chi connectivity index (χ3v) is 7.71. The van der Waals surface area contributed by atoms with Crippen LogP contribution in [0.1, 0.15) is 75.1 Å². The number of aromatic nitrogens is 1.